The highest BCUT2D eigenvalue weighted by Gasteiger charge is 2.26. The van der Waals surface area contributed by atoms with Gasteiger partial charge in [0.15, 0.2) is 0 Å². The number of nitrogens with one attached hydrogen (secondary N) is 1. The first kappa shape index (κ1) is 21.0. The Kier molecular flexibility index (Phi) is 9.83. The molecule has 1 N–H and O–H groups in total. The second kappa shape index (κ2) is 10.8. The van der Waals surface area contributed by atoms with E-state index in [1.54, 1.807) is 0 Å². The highest BCUT2D eigenvalue weighted by atomic mass is 35.5. The smallest absolute Gasteiger partial charge is 0.222 e. The number of halogens is 2. The average Bonchev–Trinajstić information content (AvgIpc) is 3.02. The molecule has 0 spiro atoms. The van der Waals surface area contributed by atoms with Crippen LogP contribution in [-0.4, -0.2) is 61.5 Å². The summed E-state index contributed by atoms with van der Waals surface area (Å²) in [5.41, 5.74) is 0. The van der Waals surface area contributed by atoms with Crippen molar-refractivity contribution < 1.29 is 4.79 Å². The Balaban J connectivity index is 0.00000132. The third kappa shape index (κ3) is 6.41. The Morgan fingerprint density at radius 2 is 1.48 bits per heavy atom. The summed E-state index contributed by atoms with van der Waals surface area (Å²) >= 11 is 0. The summed E-state index contributed by atoms with van der Waals surface area (Å²) in [4.78, 5) is 17.2. The van der Waals surface area contributed by atoms with Gasteiger partial charge in [-0.15, -0.1) is 24.8 Å². The monoisotopic (exact) mass is 365 g/mol. The quantitative estimate of drug-likeness (QED) is 0.831. The fraction of sp³-hybridized carbons (Fsp3) is 0.941. The van der Waals surface area contributed by atoms with E-state index in [2.05, 4.69) is 15.1 Å². The predicted molar refractivity (Wildman–Crippen MR) is 99.7 cm³/mol. The summed E-state index contributed by atoms with van der Waals surface area (Å²) in [5, 5.41) is 3.38. The van der Waals surface area contributed by atoms with E-state index in [-0.39, 0.29) is 24.8 Å². The molecule has 0 atom stereocenters. The van der Waals surface area contributed by atoms with Crippen molar-refractivity contribution in [2.24, 2.45) is 11.8 Å². The van der Waals surface area contributed by atoms with Crippen LogP contribution < -0.4 is 5.32 Å². The molecule has 3 saturated heterocycles. The van der Waals surface area contributed by atoms with Crippen molar-refractivity contribution in [3.05, 3.63) is 0 Å². The molecule has 3 aliphatic heterocycles. The number of rotatable bonds is 4. The van der Waals surface area contributed by atoms with Gasteiger partial charge in [-0.1, -0.05) is 0 Å². The number of hydrogen-bond acceptors (Lipinski definition) is 3. The van der Waals surface area contributed by atoms with Crippen LogP contribution in [0.25, 0.3) is 0 Å². The third-order valence-corrected chi connectivity index (χ3v) is 5.60. The molecular formula is C17H33Cl2N3O. The van der Waals surface area contributed by atoms with Gasteiger partial charge in [0.05, 0.1) is 0 Å². The maximum absolute atomic E-state index is 12.4. The van der Waals surface area contributed by atoms with Gasteiger partial charge in [-0.25, -0.2) is 0 Å². The lowest BCUT2D eigenvalue weighted by molar-refractivity contribution is -0.133. The maximum Gasteiger partial charge on any atom is 0.222 e. The first-order valence-corrected chi connectivity index (χ1v) is 9.02. The number of carbonyl (C=O) groups excluding carboxylic acids is 1. The maximum atomic E-state index is 12.4. The normalized spacial score (nSPS) is 24.1. The molecule has 6 heteroatoms. The summed E-state index contributed by atoms with van der Waals surface area (Å²) in [5.74, 6) is 1.87. The molecule has 23 heavy (non-hydrogen) atoms. The van der Waals surface area contributed by atoms with Gasteiger partial charge >= 0.3 is 0 Å². The summed E-state index contributed by atoms with van der Waals surface area (Å²) in [7, 11) is 0. The number of piperidine rings is 2. The van der Waals surface area contributed by atoms with E-state index in [0.29, 0.717) is 11.8 Å². The molecule has 3 heterocycles. The van der Waals surface area contributed by atoms with Crippen LogP contribution >= 0.6 is 24.8 Å². The van der Waals surface area contributed by atoms with Gasteiger partial charge in [-0.2, -0.15) is 0 Å². The van der Waals surface area contributed by atoms with Crippen molar-refractivity contribution in [3.8, 4) is 0 Å². The molecule has 0 unspecified atom stereocenters. The molecule has 3 aliphatic rings. The van der Waals surface area contributed by atoms with Crippen LogP contribution in [0.2, 0.25) is 0 Å². The van der Waals surface area contributed by atoms with Gasteiger partial charge in [0.1, 0.15) is 0 Å². The minimum Gasteiger partial charge on any atom is -0.343 e. The van der Waals surface area contributed by atoms with E-state index in [4.69, 9.17) is 0 Å². The number of amides is 1. The summed E-state index contributed by atoms with van der Waals surface area (Å²) < 4.78 is 0. The predicted octanol–water partition coefficient (Wildman–Crippen LogP) is 2.55. The van der Waals surface area contributed by atoms with Gasteiger partial charge in [0.25, 0.3) is 0 Å². The Morgan fingerprint density at radius 3 is 2.09 bits per heavy atom. The lowest BCUT2D eigenvalue weighted by Crippen LogP contribution is -2.42. The van der Waals surface area contributed by atoms with E-state index in [1.807, 2.05) is 0 Å². The molecular weight excluding hydrogens is 333 g/mol. The van der Waals surface area contributed by atoms with Crippen LogP contribution in [-0.2, 0) is 4.79 Å². The van der Waals surface area contributed by atoms with Crippen LogP contribution in [0.4, 0.5) is 0 Å². The van der Waals surface area contributed by atoms with Crippen LogP contribution in [0.1, 0.15) is 44.9 Å². The molecule has 0 aromatic rings. The van der Waals surface area contributed by atoms with Crippen molar-refractivity contribution in [1.82, 2.24) is 15.1 Å². The number of nitrogens with zero attached hydrogens (tertiary/aromatic N) is 2. The fourth-order valence-corrected chi connectivity index (χ4v) is 4.16. The molecule has 0 bridgehead atoms. The molecule has 0 aromatic carbocycles. The van der Waals surface area contributed by atoms with Gasteiger partial charge in [0, 0.05) is 26.1 Å². The molecule has 0 saturated carbocycles. The van der Waals surface area contributed by atoms with Crippen molar-refractivity contribution in [3.63, 3.8) is 0 Å². The number of hydrogen-bond donors (Lipinski definition) is 1. The number of likely N-dealkylation sites (tertiary alicyclic amines) is 2. The summed E-state index contributed by atoms with van der Waals surface area (Å²) in [6.45, 7) is 8.07. The molecule has 1 amide bonds. The molecule has 0 radical (unpaired) electrons. The first-order chi connectivity index (χ1) is 10.3. The zero-order chi connectivity index (χ0) is 14.5. The van der Waals surface area contributed by atoms with E-state index in [9.17, 15) is 4.79 Å². The van der Waals surface area contributed by atoms with Gasteiger partial charge in [-0.3, -0.25) is 4.79 Å². The second-order valence-electron chi connectivity index (χ2n) is 7.23. The van der Waals surface area contributed by atoms with E-state index < -0.39 is 0 Å². The number of carbonyl (C=O) groups is 1. The van der Waals surface area contributed by atoms with Crippen LogP contribution in [0.3, 0.4) is 0 Å². The lowest BCUT2D eigenvalue weighted by atomic mass is 9.92. The van der Waals surface area contributed by atoms with Crippen molar-refractivity contribution in [2.75, 3.05) is 45.8 Å². The van der Waals surface area contributed by atoms with Gasteiger partial charge in [-0.05, 0) is 76.5 Å². The zero-order valence-electron chi connectivity index (χ0n) is 14.2. The molecule has 3 fully saturated rings. The van der Waals surface area contributed by atoms with E-state index >= 15 is 0 Å². The van der Waals surface area contributed by atoms with Crippen LogP contribution in [0.15, 0.2) is 0 Å². The van der Waals surface area contributed by atoms with Crippen LogP contribution in [0, 0.1) is 11.8 Å². The van der Waals surface area contributed by atoms with Crippen LogP contribution in [0.5, 0.6) is 0 Å². The Hall–Kier alpha value is -0.0300. The Labute approximate surface area is 153 Å². The SMILES string of the molecule is Cl.Cl.O=C(CC1CCNCC1)N1CCC(CN2CCCC2)CC1. The fourth-order valence-electron chi connectivity index (χ4n) is 4.16. The highest BCUT2D eigenvalue weighted by molar-refractivity contribution is 5.85. The third-order valence-electron chi connectivity index (χ3n) is 5.60. The van der Waals surface area contributed by atoms with Gasteiger partial charge in [0.2, 0.25) is 5.91 Å². The lowest BCUT2D eigenvalue weighted by Gasteiger charge is -2.35. The molecule has 0 aliphatic carbocycles. The second-order valence-corrected chi connectivity index (χ2v) is 7.23. The largest absolute Gasteiger partial charge is 0.343 e. The summed E-state index contributed by atoms with van der Waals surface area (Å²) in [6, 6.07) is 0. The molecule has 0 aromatic heterocycles. The zero-order valence-corrected chi connectivity index (χ0v) is 15.8. The average molecular weight is 366 g/mol. The minimum atomic E-state index is 0. The molecule has 3 rings (SSSR count). The molecule has 136 valence electrons. The topological polar surface area (TPSA) is 35.6 Å². The minimum absolute atomic E-state index is 0. The van der Waals surface area contributed by atoms with E-state index in [0.717, 1.165) is 38.5 Å². The van der Waals surface area contributed by atoms with Crippen molar-refractivity contribution >= 4 is 30.7 Å². The first-order valence-electron chi connectivity index (χ1n) is 9.02. The summed E-state index contributed by atoms with van der Waals surface area (Å²) in [6.07, 6.45) is 8.34. The standard InChI is InChI=1S/C17H31N3O.2ClH/c21-17(13-15-3-7-18-8-4-15)20-11-5-16(6-12-20)14-19-9-1-2-10-19;;/h15-16,18H,1-14H2;2*1H. The highest BCUT2D eigenvalue weighted by Crippen LogP contribution is 2.23. The van der Waals surface area contributed by atoms with E-state index in [1.165, 1.54) is 58.2 Å². The van der Waals surface area contributed by atoms with Gasteiger partial charge < -0.3 is 15.1 Å². The molecule has 4 nitrogen and oxygen atoms in total. The Bertz CT molecular complexity index is 337. The Morgan fingerprint density at radius 1 is 0.870 bits per heavy atom. The van der Waals surface area contributed by atoms with Crippen molar-refractivity contribution in [2.45, 2.75) is 44.9 Å². The van der Waals surface area contributed by atoms with Crippen molar-refractivity contribution in [1.29, 1.82) is 0 Å².